The maximum absolute atomic E-state index is 13.4. The number of hydrogen-bond acceptors (Lipinski definition) is 2. The second kappa shape index (κ2) is 8.36. The fraction of sp³-hybridized carbons (Fsp3) is 0.240. The molecule has 5 heteroatoms. The molecule has 30 heavy (non-hydrogen) atoms. The average Bonchev–Trinajstić information content (AvgIpc) is 2.74. The van der Waals surface area contributed by atoms with E-state index >= 15 is 0 Å². The number of anilines is 1. The van der Waals surface area contributed by atoms with Crippen molar-refractivity contribution in [2.45, 2.75) is 31.9 Å². The van der Waals surface area contributed by atoms with Crippen LogP contribution in [-0.4, -0.2) is 11.0 Å². The molecule has 0 radical (unpaired) electrons. The van der Waals surface area contributed by atoms with E-state index in [-0.39, 0.29) is 29.5 Å². The zero-order valence-electron chi connectivity index (χ0n) is 16.6. The van der Waals surface area contributed by atoms with Crippen molar-refractivity contribution in [2.75, 3.05) is 4.90 Å². The van der Waals surface area contributed by atoms with Crippen LogP contribution in [-0.2, 0) is 4.79 Å². The third-order valence-corrected chi connectivity index (χ3v) is 5.74. The van der Waals surface area contributed by atoms with Crippen LogP contribution in [0.3, 0.4) is 0 Å². The molecule has 3 nitrogen and oxygen atoms in total. The van der Waals surface area contributed by atoms with Crippen LogP contribution in [0.4, 0.5) is 14.5 Å². The molecule has 1 amide bonds. The maximum atomic E-state index is 13.4. The Morgan fingerprint density at radius 2 is 1.47 bits per heavy atom. The van der Waals surface area contributed by atoms with Gasteiger partial charge in [-0.25, -0.2) is 8.78 Å². The van der Waals surface area contributed by atoms with Crippen LogP contribution in [0, 0.1) is 24.5 Å². The number of benzene rings is 3. The molecular formula is C25H23F2NO2. The Labute approximate surface area is 174 Å². The first-order chi connectivity index (χ1) is 14.4. The Bertz CT molecular complexity index is 1020. The van der Waals surface area contributed by atoms with E-state index in [4.69, 9.17) is 0 Å². The Morgan fingerprint density at radius 3 is 2.07 bits per heavy atom. The molecule has 0 aromatic heterocycles. The number of carbonyl (C=O) groups is 1. The molecule has 0 bridgehead atoms. The molecule has 3 aromatic carbocycles. The van der Waals surface area contributed by atoms with Gasteiger partial charge in [0.25, 0.3) is 0 Å². The van der Waals surface area contributed by atoms with Crippen LogP contribution in [0.5, 0.6) is 0 Å². The second-order valence-electron chi connectivity index (χ2n) is 7.79. The first kappa shape index (κ1) is 20.2. The smallest absolute Gasteiger partial charge is 0.233 e. The fourth-order valence-corrected chi connectivity index (χ4v) is 4.05. The van der Waals surface area contributed by atoms with Gasteiger partial charge in [-0.15, -0.1) is 0 Å². The summed E-state index contributed by atoms with van der Waals surface area (Å²) < 4.78 is 26.5. The zero-order chi connectivity index (χ0) is 21.3. The highest BCUT2D eigenvalue weighted by molar-refractivity contribution is 6.03. The van der Waals surface area contributed by atoms with E-state index < -0.39 is 6.10 Å². The predicted octanol–water partition coefficient (Wildman–Crippen LogP) is 5.49. The Morgan fingerprint density at radius 1 is 0.900 bits per heavy atom. The maximum Gasteiger partial charge on any atom is 0.233 e. The van der Waals surface area contributed by atoms with Gasteiger partial charge < -0.3 is 10.0 Å². The molecule has 0 aliphatic carbocycles. The van der Waals surface area contributed by atoms with Crippen molar-refractivity contribution in [1.29, 1.82) is 0 Å². The predicted molar refractivity (Wildman–Crippen MR) is 112 cm³/mol. The summed E-state index contributed by atoms with van der Waals surface area (Å²) in [5.41, 5.74) is 3.42. The number of aliphatic hydroxyl groups excluding tert-OH is 1. The van der Waals surface area contributed by atoms with Crippen LogP contribution < -0.4 is 4.90 Å². The fourth-order valence-electron chi connectivity index (χ4n) is 4.05. The van der Waals surface area contributed by atoms with Gasteiger partial charge in [-0.2, -0.15) is 0 Å². The molecule has 3 atom stereocenters. The molecule has 0 saturated carbocycles. The van der Waals surface area contributed by atoms with Gasteiger partial charge in [-0.05, 0) is 67.3 Å². The third-order valence-electron chi connectivity index (χ3n) is 5.74. The van der Waals surface area contributed by atoms with Gasteiger partial charge in [0.1, 0.15) is 11.6 Å². The molecule has 4 rings (SSSR count). The number of β-lactam (4-membered cyclic amide) rings is 1. The molecule has 1 heterocycles. The van der Waals surface area contributed by atoms with Crippen molar-refractivity contribution in [1.82, 2.24) is 0 Å². The largest absolute Gasteiger partial charge is 0.388 e. The number of aliphatic hydroxyl groups is 1. The molecular weight excluding hydrogens is 384 g/mol. The molecule has 154 valence electrons. The number of aryl methyl sites for hydroxylation is 1. The average molecular weight is 407 g/mol. The summed E-state index contributed by atoms with van der Waals surface area (Å²) in [4.78, 5) is 14.7. The van der Waals surface area contributed by atoms with Crippen LogP contribution in [0.1, 0.15) is 41.7 Å². The Kier molecular flexibility index (Phi) is 5.64. The van der Waals surface area contributed by atoms with Crippen LogP contribution in [0.25, 0.3) is 0 Å². The number of hydrogen-bond donors (Lipinski definition) is 1. The van der Waals surface area contributed by atoms with E-state index in [0.29, 0.717) is 24.1 Å². The van der Waals surface area contributed by atoms with Crippen molar-refractivity contribution < 1.29 is 18.7 Å². The van der Waals surface area contributed by atoms with Crippen molar-refractivity contribution in [3.8, 4) is 0 Å². The second-order valence-corrected chi connectivity index (χ2v) is 7.79. The van der Waals surface area contributed by atoms with Crippen LogP contribution in [0.15, 0.2) is 72.8 Å². The van der Waals surface area contributed by atoms with Gasteiger partial charge in [0.2, 0.25) is 5.91 Å². The number of carbonyl (C=O) groups excluding carboxylic acids is 1. The van der Waals surface area contributed by atoms with Crippen molar-refractivity contribution in [2.24, 2.45) is 5.92 Å². The summed E-state index contributed by atoms with van der Waals surface area (Å²) in [6.07, 6.45) is 0.117. The standard InChI is InChI=1S/C25H23F2NO2/c1-16-2-4-18(5-3-16)24-22(14-15-23(29)17-6-8-19(26)9-7-17)25(30)28(24)21-12-10-20(27)11-13-21/h2-13,22-24,29H,14-15H2,1H3/t22-,23+,24?/m1/s1. The van der Waals surface area contributed by atoms with Gasteiger partial charge in [0.15, 0.2) is 0 Å². The number of amides is 1. The Balaban J connectivity index is 1.55. The van der Waals surface area contributed by atoms with E-state index in [9.17, 15) is 18.7 Å². The van der Waals surface area contributed by atoms with Gasteiger partial charge in [0.05, 0.1) is 18.1 Å². The third kappa shape index (κ3) is 3.98. The summed E-state index contributed by atoms with van der Waals surface area (Å²) in [7, 11) is 0. The van der Waals surface area contributed by atoms with Crippen molar-refractivity contribution in [3.05, 3.63) is 101 Å². The normalized spacial score (nSPS) is 19.5. The minimum absolute atomic E-state index is 0.0431. The van der Waals surface area contributed by atoms with Gasteiger partial charge in [-0.3, -0.25) is 4.79 Å². The molecule has 1 aliphatic rings. The SMILES string of the molecule is Cc1ccc(C2[C@@H](CC[C@H](O)c3ccc(F)cc3)C(=O)N2c2ccc(F)cc2)cc1. The number of nitrogens with zero attached hydrogens (tertiary/aromatic N) is 1. The monoisotopic (exact) mass is 407 g/mol. The lowest BCUT2D eigenvalue weighted by molar-refractivity contribution is -0.131. The van der Waals surface area contributed by atoms with E-state index in [0.717, 1.165) is 11.1 Å². The van der Waals surface area contributed by atoms with E-state index in [1.54, 1.807) is 29.2 Å². The molecule has 0 spiro atoms. The summed E-state index contributed by atoms with van der Waals surface area (Å²) in [6.45, 7) is 2.00. The highest BCUT2D eigenvalue weighted by Gasteiger charge is 2.48. The lowest BCUT2D eigenvalue weighted by Crippen LogP contribution is -2.55. The van der Waals surface area contributed by atoms with Crippen LogP contribution >= 0.6 is 0 Å². The van der Waals surface area contributed by atoms with E-state index in [1.807, 2.05) is 31.2 Å². The van der Waals surface area contributed by atoms with Crippen molar-refractivity contribution in [3.63, 3.8) is 0 Å². The van der Waals surface area contributed by atoms with E-state index in [2.05, 4.69) is 0 Å². The molecule has 1 fully saturated rings. The topological polar surface area (TPSA) is 40.5 Å². The lowest BCUT2D eigenvalue weighted by Gasteiger charge is -2.48. The first-order valence-electron chi connectivity index (χ1n) is 10.0. The zero-order valence-corrected chi connectivity index (χ0v) is 16.6. The minimum atomic E-state index is -0.767. The van der Waals surface area contributed by atoms with Crippen LogP contribution in [0.2, 0.25) is 0 Å². The number of halogens is 2. The molecule has 1 saturated heterocycles. The summed E-state index contributed by atoms with van der Waals surface area (Å²) in [6, 6.07) is 19.5. The van der Waals surface area contributed by atoms with Gasteiger partial charge in [0, 0.05) is 5.69 Å². The quantitative estimate of drug-likeness (QED) is 0.549. The minimum Gasteiger partial charge on any atom is -0.388 e. The molecule has 3 aromatic rings. The van der Waals surface area contributed by atoms with E-state index in [1.165, 1.54) is 24.3 Å². The van der Waals surface area contributed by atoms with Crippen molar-refractivity contribution >= 4 is 11.6 Å². The van der Waals surface area contributed by atoms with Gasteiger partial charge >= 0.3 is 0 Å². The molecule has 1 aliphatic heterocycles. The lowest BCUT2D eigenvalue weighted by atomic mass is 9.78. The highest BCUT2D eigenvalue weighted by atomic mass is 19.1. The molecule has 1 N–H and O–H groups in total. The summed E-state index contributed by atoms with van der Waals surface area (Å²) in [5, 5.41) is 10.5. The first-order valence-corrected chi connectivity index (χ1v) is 10.0. The number of rotatable bonds is 6. The summed E-state index contributed by atoms with van der Waals surface area (Å²) >= 11 is 0. The highest BCUT2D eigenvalue weighted by Crippen LogP contribution is 2.46. The van der Waals surface area contributed by atoms with Gasteiger partial charge in [-0.1, -0.05) is 42.0 Å². The Hall–Kier alpha value is -3.05. The summed E-state index contributed by atoms with van der Waals surface area (Å²) in [5.74, 6) is -1.03. The molecule has 1 unspecified atom stereocenters.